The van der Waals surface area contributed by atoms with Gasteiger partial charge in [-0.1, -0.05) is 12.1 Å². The van der Waals surface area contributed by atoms with Crippen LogP contribution in [0.15, 0.2) is 29.6 Å². The number of nitrogens with zero attached hydrogens (tertiary/aromatic N) is 3. The number of carbonyl (C=O) groups is 2. The van der Waals surface area contributed by atoms with Crippen LogP contribution >= 0.6 is 11.3 Å². The Kier molecular flexibility index (Phi) is 7.38. The fraction of sp³-hybridized carbons (Fsp3) is 0.429. The molecule has 0 radical (unpaired) electrons. The van der Waals surface area contributed by atoms with Gasteiger partial charge >= 0.3 is 6.03 Å². The van der Waals surface area contributed by atoms with E-state index in [0.29, 0.717) is 25.3 Å². The highest BCUT2D eigenvalue weighted by Gasteiger charge is 2.29. The molecule has 3 rings (SSSR count). The minimum absolute atomic E-state index is 0.0773. The molecule has 1 aliphatic heterocycles. The molecule has 1 aromatic heterocycles. The first-order valence-corrected chi connectivity index (χ1v) is 10.8. The highest BCUT2D eigenvalue weighted by molar-refractivity contribution is 7.10. The monoisotopic (exact) mass is 427 g/mol. The summed E-state index contributed by atoms with van der Waals surface area (Å²) < 4.78 is 0. The zero-order valence-corrected chi connectivity index (χ0v) is 17.9. The number of hydrogen-bond donors (Lipinski definition) is 2. The SMILES string of the molecule is CCONC(=O)N1CCC[C@H](C(=O)N[C@@H](C)c2nc(-c3ccc(C#N)cc3)cs2)C1. The number of aromatic nitrogens is 1. The summed E-state index contributed by atoms with van der Waals surface area (Å²) in [6.07, 6.45) is 1.51. The van der Waals surface area contributed by atoms with E-state index in [4.69, 9.17) is 10.1 Å². The van der Waals surface area contributed by atoms with E-state index in [1.54, 1.807) is 24.0 Å². The van der Waals surface area contributed by atoms with Gasteiger partial charge in [0.25, 0.3) is 0 Å². The van der Waals surface area contributed by atoms with Gasteiger partial charge < -0.3 is 10.2 Å². The van der Waals surface area contributed by atoms with Crippen molar-refractivity contribution in [3.05, 3.63) is 40.2 Å². The van der Waals surface area contributed by atoms with Crippen LogP contribution in [0.2, 0.25) is 0 Å². The van der Waals surface area contributed by atoms with E-state index in [0.717, 1.165) is 29.1 Å². The van der Waals surface area contributed by atoms with Gasteiger partial charge in [-0.15, -0.1) is 11.3 Å². The number of benzene rings is 1. The largest absolute Gasteiger partial charge is 0.347 e. The van der Waals surface area contributed by atoms with Gasteiger partial charge in [0, 0.05) is 24.0 Å². The maximum Gasteiger partial charge on any atom is 0.341 e. The molecule has 3 amide bonds. The predicted molar refractivity (Wildman–Crippen MR) is 113 cm³/mol. The molecule has 2 N–H and O–H groups in total. The van der Waals surface area contributed by atoms with Crippen LogP contribution in [0.3, 0.4) is 0 Å². The Bertz CT molecular complexity index is 921. The van der Waals surface area contributed by atoms with Crippen molar-refractivity contribution in [2.45, 2.75) is 32.7 Å². The molecule has 30 heavy (non-hydrogen) atoms. The number of carbonyl (C=O) groups excluding carboxylic acids is 2. The van der Waals surface area contributed by atoms with Crippen molar-refractivity contribution in [1.29, 1.82) is 5.26 Å². The first-order valence-electron chi connectivity index (χ1n) is 9.94. The zero-order chi connectivity index (χ0) is 21.5. The van der Waals surface area contributed by atoms with Gasteiger partial charge in [-0.05, 0) is 38.8 Å². The molecular formula is C21H25N5O3S. The van der Waals surface area contributed by atoms with E-state index in [-0.39, 0.29) is 23.9 Å². The fourth-order valence-corrected chi connectivity index (χ4v) is 4.14. The van der Waals surface area contributed by atoms with E-state index >= 15 is 0 Å². The fourth-order valence-electron chi connectivity index (χ4n) is 3.30. The van der Waals surface area contributed by atoms with Crippen molar-refractivity contribution in [3.8, 4) is 17.3 Å². The number of thiazole rings is 1. The molecule has 1 saturated heterocycles. The van der Waals surface area contributed by atoms with Crippen LogP contribution in [0, 0.1) is 17.2 Å². The summed E-state index contributed by atoms with van der Waals surface area (Å²) in [5.74, 6) is -0.335. The average Bonchev–Trinajstić information content (AvgIpc) is 3.28. The summed E-state index contributed by atoms with van der Waals surface area (Å²) in [7, 11) is 0. The number of urea groups is 1. The van der Waals surface area contributed by atoms with Crippen molar-refractivity contribution < 1.29 is 14.4 Å². The second kappa shape index (κ2) is 10.2. The maximum absolute atomic E-state index is 12.8. The lowest BCUT2D eigenvalue weighted by Crippen LogP contribution is -2.49. The van der Waals surface area contributed by atoms with Gasteiger partial charge in [-0.25, -0.2) is 15.3 Å². The Labute approximate surface area is 179 Å². The molecular weight excluding hydrogens is 402 g/mol. The second-order valence-electron chi connectivity index (χ2n) is 7.12. The number of nitrogens with one attached hydrogen (secondary N) is 2. The van der Waals surface area contributed by atoms with Crippen molar-refractivity contribution in [3.63, 3.8) is 0 Å². The number of rotatable bonds is 6. The lowest BCUT2D eigenvalue weighted by atomic mass is 9.97. The maximum atomic E-state index is 12.8. The normalized spacial score (nSPS) is 17.1. The Hall–Kier alpha value is -2.96. The lowest BCUT2D eigenvalue weighted by molar-refractivity contribution is -0.127. The molecule has 0 aliphatic carbocycles. The topological polar surface area (TPSA) is 107 Å². The van der Waals surface area contributed by atoms with Crippen molar-refractivity contribution in [2.75, 3.05) is 19.7 Å². The summed E-state index contributed by atoms with van der Waals surface area (Å²) in [6.45, 7) is 5.06. The van der Waals surface area contributed by atoms with Gasteiger partial charge in [0.1, 0.15) is 5.01 Å². The molecule has 0 unspecified atom stereocenters. The lowest BCUT2D eigenvalue weighted by Gasteiger charge is -2.32. The number of nitriles is 1. The molecule has 0 bridgehead atoms. The molecule has 1 fully saturated rings. The summed E-state index contributed by atoms with van der Waals surface area (Å²) in [6, 6.07) is 8.81. The highest BCUT2D eigenvalue weighted by atomic mass is 32.1. The Morgan fingerprint density at radius 1 is 1.40 bits per heavy atom. The van der Waals surface area contributed by atoms with Gasteiger partial charge in [0.05, 0.1) is 35.9 Å². The van der Waals surface area contributed by atoms with Crippen LogP contribution in [-0.4, -0.2) is 41.5 Å². The summed E-state index contributed by atoms with van der Waals surface area (Å²) in [5.41, 5.74) is 4.73. The van der Waals surface area contributed by atoms with E-state index in [2.05, 4.69) is 21.9 Å². The second-order valence-corrected chi connectivity index (χ2v) is 8.01. The van der Waals surface area contributed by atoms with E-state index in [9.17, 15) is 9.59 Å². The van der Waals surface area contributed by atoms with Crippen molar-refractivity contribution >= 4 is 23.3 Å². The summed E-state index contributed by atoms with van der Waals surface area (Å²) in [5, 5.41) is 14.7. The predicted octanol–water partition coefficient (Wildman–Crippen LogP) is 3.23. The van der Waals surface area contributed by atoms with Gasteiger partial charge in [-0.3, -0.25) is 9.63 Å². The smallest absolute Gasteiger partial charge is 0.341 e. The number of likely N-dealkylation sites (tertiary alicyclic amines) is 1. The third-order valence-electron chi connectivity index (χ3n) is 4.94. The first kappa shape index (κ1) is 21.7. The Morgan fingerprint density at radius 2 is 2.17 bits per heavy atom. The van der Waals surface area contributed by atoms with Crippen molar-refractivity contribution in [2.24, 2.45) is 5.92 Å². The van der Waals surface area contributed by atoms with E-state index in [1.165, 1.54) is 11.3 Å². The number of piperidine rings is 1. The van der Waals surface area contributed by atoms with E-state index < -0.39 is 0 Å². The molecule has 1 aliphatic rings. The first-order chi connectivity index (χ1) is 14.5. The number of amides is 3. The molecule has 158 valence electrons. The van der Waals surface area contributed by atoms with Crippen LogP contribution in [0.1, 0.15) is 43.3 Å². The van der Waals surface area contributed by atoms with Crippen LogP contribution in [0.25, 0.3) is 11.3 Å². The molecule has 8 nitrogen and oxygen atoms in total. The number of hydrogen-bond acceptors (Lipinski definition) is 6. The number of hydroxylamine groups is 1. The Balaban J connectivity index is 1.58. The van der Waals surface area contributed by atoms with Crippen LogP contribution in [0.4, 0.5) is 4.79 Å². The summed E-state index contributed by atoms with van der Waals surface area (Å²) >= 11 is 1.48. The molecule has 2 atom stereocenters. The molecule has 0 saturated carbocycles. The molecule has 0 spiro atoms. The van der Waals surface area contributed by atoms with E-state index in [1.807, 2.05) is 24.4 Å². The average molecular weight is 428 g/mol. The highest BCUT2D eigenvalue weighted by Crippen LogP contribution is 2.26. The molecule has 2 heterocycles. The summed E-state index contributed by atoms with van der Waals surface area (Å²) in [4.78, 5) is 36.0. The van der Waals surface area contributed by atoms with Gasteiger partial charge in [0.15, 0.2) is 0 Å². The minimum atomic E-state index is -0.311. The zero-order valence-electron chi connectivity index (χ0n) is 17.1. The third-order valence-corrected chi connectivity index (χ3v) is 5.97. The minimum Gasteiger partial charge on any atom is -0.347 e. The van der Waals surface area contributed by atoms with Gasteiger partial charge in [0.2, 0.25) is 5.91 Å². The van der Waals surface area contributed by atoms with Crippen LogP contribution < -0.4 is 10.8 Å². The quantitative estimate of drug-likeness (QED) is 0.688. The third kappa shape index (κ3) is 5.34. The molecule has 9 heteroatoms. The van der Waals surface area contributed by atoms with Crippen molar-refractivity contribution in [1.82, 2.24) is 20.7 Å². The molecule has 1 aromatic carbocycles. The Morgan fingerprint density at radius 3 is 2.87 bits per heavy atom. The van der Waals surface area contributed by atoms with Crippen LogP contribution in [-0.2, 0) is 9.63 Å². The standard InChI is InChI=1S/C21H25N5O3S/c1-3-29-25-21(28)26-10-4-5-17(12-26)19(27)23-14(2)20-24-18(13-30-20)16-8-6-15(11-22)7-9-16/h6-9,13-14,17H,3-5,10,12H2,1-2H3,(H,23,27)(H,25,28)/t14-,17-/m0/s1. The molecule has 2 aromatic rings. The van der Waals surface area contributed by atoms with Crippen LogP contribution in [0.5, 0.6) is 0 Å². The van der Waals surface area contributed by atoms with Gasteiger partial charge in [-0.2, -0.15) is 5.26 Å².